The van der Waals surface area contributed by atoms with Crippen LogP contribution in [0.4, 0.5) is 0 Å². The second-order valence-electron chi connectivity index (χ2n) is 11.4. The quantitative estimate of drug-likeness (QED) is 0.321. The maximum absolute atomic E-state index is 4.89. The van der Waals surface area contributed by atoms with E-state index >= 15 is 0 Å². The van der Waals surface area contributed by atoms with Crippen LogP contribution in [-0.2, 0) is 17.0 Å². The molecule has 4 saturated carbocycles. The van der Waals surface area contributed by atoms with Gasteiger partial charge in [-0.15, -0.1) is 0 Å². The summed E-state index contributed by atoms with van der Waals surface area (Å²) >= 11 is -0.556. The van der Waals surface area contributed by atoms with Gasteiger partial charge in [0.05, 0.1) is 0 Å². The van der Waals surface area contributed by atoms with Gasteiger partial charge >= 0.3 is 35.6 Å². The normalized spacial score (nSPS) is 35.7. The van der Waals surface area contributed by atoms with Crippen molar-refractivity contribution in [2.24, 2.45) is 47.3 Å². The third-order valence-electron chi connectivity index (χ3n) is 8.28. The number of rotatable bonds is 4. The summed E-state index contributed by atoms with van der Waals surface area (Å²) < 4.78 is 0. The van der Waals surface area contributed by atoms with Crippen LogP contribution in [0, 0.1) is 111 Å². The second-order valence-corrected chi connectivity index (χ2v) is 14.0. The van der Waals surface area contributed by atoms with E-state index in [4.69, 9.17) is 18.6 Å². The molecule has 33 heavy (non-hydrogen) atoms. The molecule has 0 aromatic heterocycles. The predicted octanol–water partition coefficient (Wildman–Crippen LogP) is 9.58. The standard InChI is InChI=1S/2C15H23.2ClH.Ti/c2*1-11(2)14-9-8-12(3)10-15(14)13-6-4-5-7-13;;;/h2*4-7,11-12,14-15H,8-10H2,1-3H3;2*1H;/q;;;;+2/p-2. The van der Waals surface area contributed by atoms with Crippen LogP contribution in [0.25, 0.3) is 0 Å². The summed E-state index contributed by atoms with van der Waals surface area (Å²) in [6, 6.07) is 0. The van der Waals surface area contributed by atoms with Crippen LogP contribution >= 0.6 is 18.6 Å². The van der Waals surface area contributed by atoms with Gasteiger partial charge in [-0.25, -0.2) is 0 Å². The first kappa shape index (κ1) is 30.5. The minimum atomic E-state index is -0.556. The molecule has 4 fully saturated rings. The van der Waals surface area contributed by atoms with Crippen molar-refractivity contribution in [3.63, 3.8) is 0 Å². The molecule has 0 amide bonds. The first-order chi connectivity index (χ1) is 15.8. The van der Waals surface area contributed by atoms with Gasteiger partial charge in [0.1, 0.15) is 0 Å². The molecule has 4 rings (SSSR count). The monoisotopic (exact) mass is 524 g/mol. The predicted molar refractivity (Wildman–Crippen MR) is 142 cm³/mol. The third kappa shape index (κ3) is 9.93. The van der Waals surface area contributed by atoms with Gasteiger partial charge in [-0.1, -0.05) is 54.4 Å². The summed E-state index contributed by atoms with van der Waals surface area (Å²) in [6.07, 6.45) is 26.5. The van der Waals surface area contributed by atoms with Gasteiger partial charge < -0.3 is 0 Å². The van der Waals surface area contributed by atoms with Crippen LogP contribution in [0.5, 0.6) is 0 Å². The van der Waals surface area contributed by atoms with Crippen LogP contribution in [0.3, 0.4) is 0 Å². The van der Waals surface area contributed by atoms with E-state index in [0.717, 1.165) is 47.3 Å². The van der Waals surface area contributed by atoms with E-state index in [9.17, 15) is 0 Å². The van der Waals surface area contributed by atoms with Crippen molar-refractivity contribution < 1.29 is 17.0 Å². The molecule has 0 bridgehead atoms. The van der Waals surface area contributed by atoms with Crippen molar-refractivity contribution in [1.29, 1.82) is 0 Å². The van der Waals surface area contributed by atoms with Crippen molar-refractivity contribution >= 4 is 18.6 Å². The van der Waals surface area contributed by atoms with Crippen molar-refractivity contribution in [3.05, 3.63) is 63.2 Å². The van der Waals surface area contributed by atoms with Crippen molar-refractivity contribution in [3.8, 4) is 0 Å². The van der Waals surface area contributed by atoms with Gasteiger partial charge in [-0.3, -0.25) is 0 Å². The molecule has 184 valence electrons. The Morgan fingerprint density at radius 1 is 0.636 bits per heavy atom. The first-order valence-corrected chi connectivity index (χ1v) is 17.5. The van der Waals surface area contributed by atoms with Crippen LogP contribution in [0.1, 0.15) is 80.1 Å². The average molecular weight is 525 g/mol. The Morgan fingerprint density at radius 2 is 0.939 bits per heavy atom. The van der Waals surface area contributed by atoms with E-state index in [0.29, 0.717) is 0 Å². The average Bonchev–Trinajstić information content (AvgIpc) is 3.49. The van der Waals surface area contributed by atoms with E-state index in [-0.39, 0.29) is 0 Å². The van der Waals surface area contributed by atoms with Crippen LogP contribution in [0.15, 0.2) is 0 Å². The summed E-state index contributed by atoms with van der Waals surface area (Å²) in [5, 5.41) is 0. The molecule has 3 heteroatoms. The Labute approximate surface area is 225 Å². The number of halogens is 2. The fourth-order valence-corrected chi connectivity index (χ4v) is 6.44. The summed E-state index contributed by atoms with van der Waals surface area (Å²) in [6.45, 7) is 14.4. The SMILES string of the molecule is CC1CCC(C(C)C)C([C]2[CH][CH][CH][CH]2)C1.CC1CCC(C(C)C)C([C]2[CH][CH][CH][CH]2)C1.[Cl][Ti][Cl]. The number of hydrogen-bond donors (Lipinski definition) is 0. The Morgan fingerprint density at radius 3 is 1.21 bits per heavy atom. The zero-order valence-electron chi connectivity index (χ0n) is 21.7. The molecule has 0 heterocycles. The maximum atomic E-state index is 4.89. The Hall–Kier alpha value is 1.29. The molecule has 0 aliphatic heterocycles. The molecule has 10 radical (unpaired) electrons. The number of hydrogen-bond acceptors (Lipinski definition) is 0. The van der Waals surface area contributed by atoms with Gasteiger partial charge in [0.15, 0.2) is 0 Å². The zero-order valence-corrected chi connectivity index (χ0v) is 24.8. The fraction of sp³-hybridized carbons (Fsp3) is 0.667. The van der Waals surface area contributed by atoms with Gasteiger partial charge in [0.25, 0.3) is 0 Å². The summed E-state index contributed by atoms with van der Waals surface area (Å²) in [5.41, 5.74) is 0. The molecular weight excluding hydrogens is 479 g/mol. The molecule has 0 aromatic rings. The molecule has 0 saturated heterocycles. The fourth-order valence-electron chi connectivity index (χ4n) is 6.44. The molecule has 0 nitrogen and oxygen atoms in total. The summed E-state index contributed by atoms with van der Waals surface area (Å²) in [7, 11) is 9.78. The van der Waals surface area contributed by atoms with Gasteiger partial charge in [-0.2, -0.15) is 0 Å². The van der Waals surface area contributed by atoms with Gasteiger partial charge in [-0.05, 0) is 136 Å². The summed E-state index contributed by atoms with van der Waals surface area (Å²) in [5.74, 6) is 10.1. The topological polar surface area (TPSA) is 0 Å². The molecule has 6 atom stereocenters. The van der Waals surface area contributed by atoms with E-state index in [2.05, 4.69) is 92.9 Å². The molecule has 0 spiro atoms. The molecule has 0 aromatic carbocycles. The van der Waals surface area contributed by atoms with E-state index in [1.807, 2.05) is 0 Å². The zero-order chi connectivity index (χ0) is 24.4. The van der Waals surface area contributed by atoms with Crippen LogP contribution in [0.2, 0.25) is 0 Å². The minimum absolute atomic E-state index is 0.556. The first-order valence-electron chi connectivity index (χ1n) is 13.2. The molecule has 4 aliphatic carbocycles. The van der Waals surface area contributed by atoms with E-state index in [1.165, 1.54) is 38.5 Å². The van der Waals surface area contributed by atoms with Crippen LogP contribution < -0.4 is 0 Å². The molecule has 6 unspecified atom stereocenters. The third-order valence-corrected chi connectivity index (χ3v) is 8.28. The summed E-state index contributed by atoms with van der Waals surface area (Å²) in [4.78, 5) is 0. The van der Waals surface area contributed by atoms with E-state index in [1.54, 1.807) is 11.8 Å². The molecule has 4 aliphatic rings. The van der Waals surface area contributed by atoms with Crippen molar-refractivity contribution in [1.82, 2.24) is 0 Å². The Kier molecular flexibility index (Phi) is 15.0. The second kappa shape index (κ2) is 16.2. The Bertz CT molecular complexity index is 452. The van der Waals surface area contributed by atoms with E-state index < -0.39 is 17.0 Å². The van der Waals surface area contributed by atoms with Crippen molar-refractivity contribution in [2.45, 2.75) is 80.1 Å². The molecule has 0 N–H and O–H groups in total. The van der Waals surface area contributed by atoms with Gasteiger partial charge in [0, 0.05) is 0 Å². The molecular formula is C30H46Cl2Ti. The van der Waals surface area contributed by atoms with Crippen LogP contribution in [-0.4, -0.2) is 0 Å². The van der Waals surface area contributed by atoms with Crippen molar-refractivity contribution in [2.75, 3.05) is 0 Å². The Balaban J connectivity index is 0.000000209. The van der Waals surface area contributed by atoms with Gasteiger partial charge in [0.2, 0.25) is 0 Å².